The maximum absolute atomic E-state index is 11.2. The van der Waals surface area contributed by atoms with Crippen LogP contribution in [-0.4, -0.2) is 5.78 Å². The minimum absolute atomic E-state index is 0.0576. The van der Waals surface area contributed by atoms with Gasteiger partial charge in [-0.05, 0) is 18.9 Å². The van der Waals surface area contributed by atoms with E-state index in [2.05, 4.69) is 6.07 Å². The number of Topliss-reactive ketones (excluding diaryl/α,β-unsaturated/α-hetero) is 1. The SMILES string of the molecule is CCC(C#N)(CC(C)=O)c1ccccc1. The molecule has 15 heavy (non-hydrogen) atoms. The Morgan fingerprint density at radius 2 is 2.00 bits per heavy atom. The van der Waals surface area contributed by atoms with Gasteiger partial charge in [0.1, 0.15) is 5.78 Å². The molecule has 1 aromatic carbocycles. The van der Waals surface area contributed by atoms with Gasteiger partial charge in [-0.25, -0.2) is 0 Å². The Bertz CT molecular complexity index is 377. The van der Waals surface area contributed by atoms with Crippen molar-refractivity contribution >= 4 is 5.78 Å². The number of rotatable bonds is 4. The normalized spacial score (nSPS) is 13.9. The predicted octanol–water partition coefficient (Wildman–Crippen LogP) is 2.84. The monoisotopic (exact) mass is 201 g/mol. The van der Waals surface area contributed by atoms with Crippen molar-refractivity contribution in [3.8, 4) is 6.07 Å². The molecule has 1 atom stereocenters. The third kappa shape index (κ3) is 2.44. The molecule has 1 unspecified atom stereocenters. The molecule has 2 nitrogen and oxygen atoms in total. The zero-order chi connectivity index (χ0) is 11.3. The second kappa shape index (κ2) is 4.75. The number of nitriles is 1. The van der Waals surface area contributed by atoms with Gasteiger partial charge >= 0.3 is 0 Å². The lowest BCUT2D eigenvalue weighted by Crippen LogP contribution is -2.25. The first kappa shape index (κ1) is 11.5. The third-order valence-corrected chi connectivity index (χ3v) is 2.69. The molecule has 0 saturated heterocycles. The third-order valence-electron chi connectivity index (χ3n) is 2.69. The average Bonchev–Trinajstić information content (AvgIpc) is 2.27. The largest absolute Gasteiger partial charge is 0.300 e. The molecule has 0 heterocycles. The lowest BCUT2D eigenvalue weighted by molar-refractivity contribution is -0.117. The molecule has 78 valence electrons. The highest BCUT2D eigenvalue weighted by Gasteiger charge is 2.31. The van der Waals surface area contributed by atoms with Crippen LogP contribution >= 0.6 is 0 Å². The van der Waals surface area contributed by atoms with Crippen molar-refractivity contribution < 1.29 is 4.79 Å². The standard InChI is InChI=1S/C13H15NO/c1-3-13(10-14,9-11(2)15)12-7-5-4-6-8-12/h4-8H,3,9H2,1-2H3. The predicted molar refractivity (Wildman–Crippen MR) is 59.3 cm³/mol. The van der Waals surface area contributed by atoms with E-state index in [0.717, 1.165) is 5.56 Å². The molecule has 0 saturated carbocycles. The summed E-state index contributed by atoms with van der Waals surface area (Å²) in [6, 6.07) is 11.8. The molecule has 1 aromatic rings. The Hall–Kier alpha value is -1.62. The van der Waals surface area contributed by atoms with Crippen LogP contribution in [0.25, 0.3) is 0 Å². The summed E-state index contributed by atoms with van der Waals surface area (Å²) in [6.45, 7) is 3.48. The molecule has 0 N–H and O–H groups in total. The van der Waals surface area contributed by atoms with Crippen LogP contribution in [0, 0.1) is 11.3 Å². The molecule has 0 fully saturated rings. The molecule has 1 rings (SSSR count). The Morgan fingerprint density at radius 1 is 1.40 bits per heavy atom. The molecule has 0 radical (unpaired) electrons. The fraction of sp³-hybridized carbons (Fsp3) is 0.385. The summed E-state index contributed by atoms with van der Waals surface area (Å²) >= 11 is 0. The van der Waals surface area contributed by atoms with Crippen LogP contribution in [0.3, 0.4) is 0 Å². The lowest BCUT2D eigenvalue weighted by Gasteiger charge is -2.24. The van der Waals surface area contributed by atoms with Crippen molar-refractivity contribution in [3.63, 3.8) is 0 Å². The Morgan fingerprint density at radius 3 is 2.40 bits per heavy atom. The van der Waals surface area contributed by atoms with Gasteiger partial charge in [-0.1, -0.05) is 37.3 Å². The molecule has 0 aliphatic carbocycles. The van der Waals surface area contributed by atoms with Crippen molar-refractivity contribution in [2.75, 3.05) is 0 Å². The van der Waals surface area contributed by atoms with Gasteiger partial charge in [0.15, 0.2) is 0 Å². The van der Waals surface area contributed by atoms with Crippen LogP contribution in [0.1, 0.15) is 32.3 Å². The number of hydrogen-bond acceptors (Lipinski definition) is 2. The van der Waals surface area contributed by atoms with E-state index in [-0.39, 0.29) is 5.78 Å². The molecule has 0 aromatic heterocycles. The fourth-order valence-electron chi connectivity index (χ4n) is 1.80. The van der Waals surface area contributed by atoms with Crippen LogP contribution in [0.15, 0.2) is 30.3 Å². The highest BCUT2D eigenvalue weighted by Crippen LogP contribution is 2.31. The number of hydrogen-bond donors (Lipinski definition) is 0. The van der Waals surface area contributed by atoms with E-state index in [1.807, 2.05) is 37.3 Å². The molecule has 0 aliphatic heterocycles. The topological polar surface area (TPSA) is 40.9 Å². The number of ketones is 1. The second-order valence-electron chi connectivity index (χ2n) is 3.79. The number of carbonyl (C=O) groups is 1. The lowest BCUT2D eigenvalue weighted by atomic mass is 9.76. The first-order valence-corrected chi connectivity index (χ1v) is 5.11. The van der Waals surface area contributed by atoms with Gasteiger partial charge in [0.05, 0.1) is 11.5 Å². The maximum atomic E-state index is 11.2. The molecule has 0 aliphatic rings. The summed E-state index contributed by atoms with van der Waals surface area (Å²) in [5.41, 5.74) is 0.290. The molecule has 2 heteroatoms. The molecular weight excluding hydrogens is 186 g/mol. The summed E-state index contributed by atoms with van der Waals surface area (Å²) in [5, 5.41) is 9.28. The Kier molecular flexibility index (Phi) is 3.62. The van der Waals surface area contributed by atoms with Crippen molar-refractivity contribution in [1.29, 1.82) is 5.26 Å². The Labute approximate surface area is 90.5 Å². The van der Waals surface area contributed by atoms with Crippen molar-refractivity contribution in [3.05, 3.63) is 35.9 Å². The van der Waals surface area contributed by atoms with Crippen LogP contribution < -0.4 is 0 Å². The van der Waals surface area contributed by atoms with E-state index in [9.17, 15) is 10.1 Å². The molecule has 0 spiro atoms. The highest BCUT2D eigenvalue weighted by molar-refractivity contribution is 5.78. The van der Waals surface area contributed by atoms with Gasteiger partial charge in [0.25, 0.3) is 0 Å². The summed E-state index contributed by atoms with van der Waals surface area (Å²) in [4.78, 5) is 11.2. The maximum Gasteiger partial charge on any atom is 0.131 e. The number of nitrogens with zero attached hydrogens (tertiary/aromatic N) is 1. The van der Waals surface area contributed by atoms with Gasteiger partial charge in [-0.2, -0.15) is 5.26 Å². The molecule has 0 amide bonds. The van der Waals surface area contributed by atoms with Gasteiger partial charge in [-0.3, -0.25) is 4.79 Å². The average molecular weight is 201 g/mol. The van der Waals surface area contributed by atoms with E-state index in [1.165, 1.54) is 6.92 Å². The van der Waals surface area contributed by atoms with Gasteiger partial charge < -0.3 is 0 Å². The van der Waals surface area contributed by atoms with Gasteiger partial charge in [0, 0.05) is 6.42 Å². The van der Waals surface area contributed by atoms with E-state index < -0.39 is 5.41 Å². The smallest absolute Gasteiger partial charge is 0.131 e. The van der Waals surface area contributed by atoms with Crippen LogP contribution in [0.4, 0.5) is 0 Å². The first-order chi connectivity index (χ1) is 7.14. The summed E-state index contributed by atoms with van der Waals surface area (Å²) in [7, 11) is 0. The van der Waals surface area contributed by atoms with E-state index in [1.54, 1.807) is 0 Å². The van der Waals surface area contributed by atoms with Crippen molar-refractivity contribution in [1.82, 2.24) is 0 Å². The number of carbonyl (C=O) groups excluding carboxylic acids is 1. The Balaban J connectivity index is 3.13. The van der Waals surface area contributed by atoms with Crippen LogP contribution in [0.2, 0.25) is 0 Å². The highest BCUT2D eigenvalue weighted by atomic mass is 16.1. The minimum Gasteiger partial charge on any atom is -0.300 e. The summed E-state index contributed by atoms with van der Waals surface area (Å²) < 4.78 is 0. The van der Waals surface area contributed by atoms with Crippen molar-refractivity contribution in [2.24, 2.45) is 0 Å². The quantitative estimate of drug-likeness (QED) is 0.751. The van der Waals surface area contributed by atoms with E-state index in [0.29, 0.717) is 12.8 Å². The summed E-state index contributed by atoms with van der Waals surface area (Å²) in [6.07, 6.45) is 0.955. The zero-order valence-electron chi connectivity index (χ0n) is 9.16. The summed E-state index contributed by atoms with van der Waals surface area (Å²) in [5.74, 6) is 0.0576. The van der Waals surface area contributed by atoms with Crippen molar-refractivity contribution in [2.45, 2.75) is 32.1 Å². The number of benzene rings is 1. The fourth-order valence-corrected chi connectivity index (χ4v) is 1.80. The van der Waals surface area contributed by atoms with Crippen LogP contribution in [-0.2, 0) is 10.2 Å². The molecule has 0 bridgehead atoms. The van der Waals surface area contributed by atoms with E-state index >= 15 is 0 Å². The second-order valence-corrected chi connectivity index (χ2v) is 3.79. The van der Waals surface area contributed by atoms with E-state index in [4.69, 9.17) is 0 Å². The van der Waals surface area contributed by atoms with Gasteiger partial charge in [0.2, 0.25) is 0 Å². The van der Waals surface area contributed by atoms with Gasteiger partial charge in [-0.15, -0.1) is 0 Å². The zero-order valence-corrected chi connectivity index (χ0v) is 9.16. The van der Waals surface area contributed by atoms with Crippen LogP contribution in [0.5, 0.6) is 0 Å². The first-order valence-electron chi connectivity index (χ1n) is 5.11. The molecular formula is C13H15NO. The minimum atomic E-state index is -0.646.